The highest BCUT2D eigenvalue weighted by Gasteiger charge is 2.21. The van der Waals surface area contributed by atoms with Crippen molar-refractivity contribution in [2.75, 3.05) is 32.6 Å². The summed E-state index contributed by atoms with van der Waals surface area (Å²) in [6.45, 7) is 3.78. The highest BCUT2D eigenvalue weighted by Crippen LogP contribution is 2.15. The molecule has 0 spiro atoms. The Kier molecular flexibility index (Phi) is 4.34. The van der Waals surface area contributed by atoms with Crippen LogP contribution in [-0.2, 0) is 14.8 Å². The van der Waals surface area contributed by atoms with Crippen LogP contribution in [0.15, 0.2) is 0 Å². The third-order valence-corrected chi connectivity index (χ3v) is 4.44. The quantitative estimate of drug-likeness (QED) is 0.702. The first-order chi connectivity index (χ1) is 6.56. The van der Waals surface area contributed by atoms with E-state index >= 15 is 0 Å². The Balaban J connectivity index is 2.43. The molecule has 1 saturated heterocycles. The largest absolute Gasteiger partial charge is 0.381 e. The van der Waals surface area contributed by atoms with Crippen molar-refractivity contribution >= 4 is 10.0 Å². The lowest BCUT2D eigenvalue weighted by Crippen LogP contribution is -2.35. The van der Waals surface area contributed by atoms with E-state index in [9.17, 15) is 8.42 Å². The molecule has 1 atom stereocenters. The minimum atomic E-state index is -3.02. The van der Waals surface area contributed by atoms with Crippen molar-refractivity contribution in [1.82, 2.24) is 4.31 Å². The van der Waals surface area contributed by atoms with Crippen molar-refractivity contribution < 1.29 is 13.2 Å². The van der Waals surface area contributed by atoms with Gasteiger partial charge in [-0.15, -0.1) is 0 Å². The van der Waals surface area contributed by atoms with Crippen molar-refractivity contribution in [3.05, 3.63) is 0 Å². The second kappa shape index (κ2) is 5.09. The van der Waals surface area contributed by atoms with E-state index in [1.807, 2.05) is 0 Å². The topological polar surface area (TPSA) is 46.6 Å². The van der Waals surface area contributed by atoms with Crippen molar-refractivity contribution in [3.8, 4) is 0 Å². The van der Waals surface area contributed by atoms with E-state index in [2.05, 4.69) is 0 Å². The monoisotopic (exact) mass is 221 g/mol. The van der Waals surface area contributed by atoms with E-state index in [1.54, 1.807) is 14.0 Å². The highest BCUT2D eigenvalue weighted by atomic mass is 32.2. The fourth-order valence-corrected chi connectivity index (χ4v) is 2.53. The highest BCUT2D eigenvalue weighted by molar-refractivity contribution is 7.89. The summed E-state index contributed by atoms with van der Waals surface area (Å²) in [5.41, 5.74) is 0. The van der Waals surface area contributed by atoms with Crippen LogP contribution in [0.4, 0.5) is 0 Å². The summed E-state index contributed by atoms with van der Waals surface area (Å²) in [7, 11) is -1.37. The maximum Gasteiger partial charge on any atom is 0.213 e. The number of hydrogen-bond acceptors (Lipinski definition) is 3. The third kappa shape index (κ3) is 3.22. The molecule has 0 aromatic heterocycles. The maximum atomic E-state index is 11.5. The van der Waals surface area contributed by atoms with Gasteiger partial charge in [0.15, 0.2) is 0 Å². The summed E-state index contributed by atoms with van der Waals surface area (Å²) in [4.78, 5) is 0. The summed E-state index contributed by atoms with van der Waals surface area (Å²) in [6.07, 6.45) is 2.12. The molecule has 1 fully saturated rings. The normalized spacial score (nSPS) is 24.1. The molecule has 4 nitrogen and oxygen atoms in total. The Bertz CT molecular complexity index is 257. The number of rotatable bonds is 4. The van der Waals surface area contributed by atoms with Crippen LogP contribution >= 0.6 is 0 Å². The summed E-state index contributed by atoms with van der Waals surface area (Å²) in [6, 6.07) is 0. The predicted octanol–water partition coefficient (Wildman–Crippen LogP) is 0.694. The Morgan fingerprint density at radius 1 is 1.50 bits per heavy atom. The molecule has 0 aromatic carbocycles. The van der Waals surface area contributed by atoms with Crippen molar-refractivity contribution in [2.45, 2.75) is 19.8 Å². The van der Waals surface area contributed by atoms with Crippen LogP contribution in [0, 0.1) is 5.92 Å². The van der Waals surface area contributed by atoms with Crippen LogP contribution in [0.5, 0.6) is 0 Å². The maximum absolute atomic E-state index is 11.5. The van der Waals surface area contributed by atoms with Gasteiger partial charge in [0.25, 0.3) is 0 Å². The molecule has 1 aliphatic rings. The van der Waals surface area contributed by atoms with Gasteiger partial charge in [0.2, 0.25) is 10.0 Å². The Hall–Kier alpha value is -0.130. The van der Waals surface area contributed by atoms with Crippen molar-refractivity contribution in [2.24, 2.45) is 5.92 Å². The molecule has 0 bridgehead atoms. The fourth-order valence-electron chi connectivity index (χ4n) is 1.65. The molecule has 14 heavy (non-hydrogen) atoms. The molecule has 1 rings (SSSR count). The van der Waals surface area contributed by atoms with Gasteiger partial charge in [0.1, 0.15) is 0 Å². The summed E-state index contributed by atoms with van der Waals surface area (Å²) >= 11 is 0. The number of ether oxygens (including phenoxy) is 1. The van der Waals surface area contributed by atoms with Gasteiger partial charge in [-0.25, -0.2) is 12.7 Å². The lowest BCUT2D eigenvalue weighted by molar-refractivity contribution is 0.0495. The van der Waals surface area contributed by atoms with Crippen molar-refractivity contribution in [1.29, 1.82) is 0 Å². The van der Waals surface area contributed by atoms with E-state index in [4.69, 9.17) is 4.74 Å². The minimum Gasteiger partial charge on any atom is -0.381 e. The second-order valence-electron chi connectivity index (χ2n) is 3.76. The molecule has 0 aliphatic carbocycles. The molecule has 84 valence electrons. The summed E-state index contributed by atoms with van der Waals surface area (Å²) in [5, 5.41) is 0. The first-order valence-electron chi connectivity index (χ1n) is 5.08. The number of nitrogens with zero attached hydrogens (tertiary/aromatic N) is 1. The molecule has 1 heterocycles. The van der Waals surface area contributed by atoms with E-state index in [1.165, 1.54) is 4.31 Å². The Morgan fingerprint density at radius 3 is 2.71 bits per heavy atom. The van der Waals surface area contributed by atoms with Crippen LogP contribution in [-0.4, -0.2) is 45.3 Å². The molecule has 0 aromatic rings. The third-order valence-electron chi connectivity index (χ3n) is 2.61. The smallest absolute Gasteiger partial charge is 0.213 e. The van der Waals surface area contributed by atoms with Gasteiger partial charge < -0.3 is 4.74 Å². The van der Waals surface area contributed by atoms with E-state index in [-0.39, 0.29) is 5.75 Å². The standard InChI is InChI=1S/C9H19NO3S/c1-3-14(11,12)10(2)7-9-5-4-6-13-8-9/h9H,3-8H2,1-2H3. The van der Waals surface area contributed by atoms with Crippen LogP contribution < -0.4 is 0 Å². The number of hydrogen-bond donors (Lipinski definition) is 0. The average Bonchev–Trinajstić information content (AvgIpc) is 2.19. The lowest BCUT2D eigenvalue weighted by atomic mass is 10.0. The van der Waals surface area contributed by atoms with E-state index in [0.29, 0.717) is 19.1 Å². The molecular formula is C9H19NO3S. The van der Waals surface area contributed by atoms with Gasteiger partial charge in [0, 0.05) is 20.2 Å². The molecular weight excluding hydrogens is 202 g/mol. The van der Waals surface area contributed by atoms with Gasteiger partial charge in [-0.2, -0.15) is 0 Å². The minimum absolute atomic E-state index is 0.178. The zero-order chi connectivity index (χ0) is 10.6. The van der Waals surface area contributed by atoms with Crippen LogP contribution in [0.1, 0.15) is 19.8 Å². The average molecular weight is 221 g/mol. The van der Waals surface area contributed by atoms with E-state index in [0.717, 1.165) is 19.4 Å². The van der Waals surface area contributed by atoms with Gasteiger partial charge in [0.05, 0.1) is 12.4 Å². The van der Waals surface area contributed by atoms with Gasteiger partial charge in [-0.05, 0) is 25.7 Å². The summed E-state index contributed by atoms with van der Waals surface area (Å²) in [5.74, 6) is 0.548. The Labute approximate surface area is 86.3 Å². The second-order valence-corrected chi connectivity index (χ2v) is 6.13. The molecule has 1 aliphatic heterocycles. The molecule has 5 heteroatoms. The van der Waals surface area contributed by atoms with Gasteiger partial charge in [-0.1, -0.05) is 0 Å². The van der Waals surface area contributed by atoms with Crippen LogP contribution in [0.25, 0.3) is 0 Å². The SMILES string of the molecule is CCS(=O)(=O)N(C)CC1CCCOC1. The molecule has 0 saturated carbocycles. The molecule has 0 amide bonds. The Morgan fingerprint density at radius 2 is 2.21 bits per heavy atom. The zero-order valence-corrected chi connectivity index (χ0v) is 9.72. The first-order valence-corrected chi connectivity index (χ1v) is 6.69. The zero-order valence-electron chi connectivity index (χ0n) is 8.90. The molecule has 0 radical (unpaired) electrons. The van der Waals surface area contributed by atoms with Crippen LogP contribution in [0.3, 0.4) is 0 Å². The number of sulfonamides is 1. The first kappa shape index (κ1) is 11.9. The molecule has 1 unspecified atom stereocenters. The lowest BCUT2D eigenvalue weighted by Gasteiger charge is -2.26. The predicted molar refractivity (Wildman–Crippen MR) is 55.6 cm³/mol. The van der Waals surface area contributed by atoms with Crippen molar-refractivity contribution in [3.63, 3.8) is 0 Å². The van der Waals surface area contributed by atoms with Gasteiger partial charge >= 0.3 is 0 Å². The van der Waals surface area contributed by atoms with Crippen LogP contribution in [0.2, 0.25) is 0 Å². The van der Waals surface area contributed by atoms with Gasteiger partial charge in [-0.3, -0.25) is 0 Å². The molecule has 0 N–H and O–H groups in total. The summed E-state index contributed by atoms with van der Waals surface area (Å²) < 4.78 is 29.7. The fraction of sp³-hybridized carbons (Fsp3) is 1.00. The van der Waals surface area contributed by atoms with E-state index < -0.39 is 10.0 Å².